The molecule has 3 aromatic carbocycles. The van der Waals surface area contributed by atoms with Crippen molar-refractivity contribution < 1.29 is 14.6 Å². The quantitative estimate of drug-likeness (QED) is 0.453. The SMILES string of the molecule is CCOc1cc(CNC[C@@H](O)c2ccccc2)cc(Cl)c1OCc1cccc(C)c1. The highest BCUT2D eigenvalue weighted by Crippen LogP contribution is 2.37. The number of rotatable bonds is 10. The number of aliphatic hydroxyl groups excluding tert-OH is 1. The van der Waals surface area contributed by atoms with Crippen molar-refractivity contribution in [3.05, 3.63) is 94.0 Å². The van der Waals surface area contributed by atoms with Crippen LogP contribution in [0.2, 0.25) is 5.02 Å². The average Bonchev–Trinajstić information content (AvgIpc) is 2.74. The molecule has 0 spiro atoms. The standard InChI is InChI=1S/C25H28ClNO3/c1-3-29-24-14-20(15-27-16-23(28)21-10-5-4-6-11-21)13-22(26)25(24)30-17-19-9-7-8-18(2)12-19/h4-14,23,27-28H,3,15-17H2,1-2H3/t23-/m1/s1. The molecule has 5 heteroatoms. The van der Waals surface area contributed by atoms with Crippen molar-refractivity contribution in [2.45, 2.75) is 33.1 Å². The van der Waals surface area contributed by atoms with Crippen LogP contribution in [0.25, 0.3) is 0 Å². The molecule has 158 valence electrons. The van der Waals surface area contributed by atoms with Gasteiger partial charge in [0.25, 0.3) is 0 Å². The van der Waals surface area contributed by atoms with E-state index in [2.05, 4.69) is 24.4 Å². The minimum atomic E-state index is -0.565. The molecule has 0 aliphatic heterocycles. The Balaban J connectivity index is 1.64. The van der Waals surface area contributed by atoms with Gasteiger partial charge in [0.2, 0.25) is 0 Å². The molecule has 0 saturated carbocycles. The predicted molar refractivity (Wildman–Crippen MR) is 121 cm³/mol. The van der Waals surface area contributed by atoms with Crippen LogP contribution in [0.1, 0.15) is 35.3 Å². The first-order valence-electron chi connectivity index (χ1n) is 10.1. The van der Waals surface area contributed by atoms with Gasteiger partial charge in [0.1, 0.15) is 6.61 Å². The van der Waals surface area contributed by atoms with Gasteiger partial charge in [-0.3, -0.25) is 0 Å². The predicted octanol–water partition coefficient (Wildman–Crippen LogP) is 5.45. The summed E-state index contributed by atoms with van der Waals surface area (Å²) >= 11 is 6.52. The lowest BCUT2D eigenvalue weighted by atomic mass is 10.1. The van der Waals surface area contributed by atoms with Crippen LogP contribution in [0, 0.1) is 6.92 Å². The van der Waals surface area contributed by atoms with E-state index < -0.39 is 6.10 Å². The summed E-state index contributed by atoms with van der Waals surface area (Å²) in [6, 6.07) is 21.6. The van der Waals surface area contributed by atoms with E-state index in [0.29, 0.717) is 42.8 Å². The highest BCUT2D eigenvalue weighted by molar-refractivity contribution is 6.32. The van der Waals surface area contributed by atoms with Crippen LogP contribution in [-0.2, 0) is 13.2 Å². The maximum atomic E-state index is 10.3. The molecule has 0 saturated heterocycles. The Bertz CT molecular complexity index is 946. The maximum absolute atomic E-state index is 10.3. The topological polar surface area (TPSA) is 50.7 Å². The second-order valence-electron chi connectivity index (χ2n) is 7.17. The number of ether oxygens (including phenoxy) is 2. The van der Waals surface area contributed by atoms with E-state index in [0.717, 1.165) is 16.7 Å². The molecule has 2 N–H and O–H groups in total. The molecule has 1 atom stereocenters. The Kier molecular flexibility index (Phi) is 8.14. The first kappa shape index (κ1) is 22.2. The van der Waals surface area contributed by atoms with Gasteiger partial charge in [-0.2, -0.15) is 0 Å². The van der Waals surface area contributed by atoms with Crippen molar-refractivity contribution in [1.29, 1.82) is 0 Å². The fraction of sp³-hybridized carbons (Fsp3) is 0.280. The van der Waals surface area contributed by atoms with Crippen molar-refractivity contribution in [3.8, 4) is 11.5 Å². The van der Waals surface area contributed by atoms with Crippen LogP contribution in [-0.4, -0.2) is 18.3 Å². The molecule has 4 nitrogen and oxygen atoms in total. The van der Waals surface area contributed by atoms with E-state index in [4.69, 9.17) is 21.1 Å². The number of hydrogen-bond donors (Lipinski definition) is 2. The normalized spacial score (nSPS) is 11.9. The lowest BCUT2D eigenvalue weighted by Gasteiger charge is -2.16. The van der Waals surface area contributed by atoms with Gasteiger partial charge >= 0.3 is 0 Å². The van der Waals surface area contributed by atoms with Crippen LogP contribution in [0.15, 0.2) is 66.7 Å². The van der Waals surface area contributed by atoms with Gasteiger partial charge in [-0.25, -0.2) is 0 Å². The van der Waals surface area contributed by atoms with E-state index in [1.165, 1.54) is 5.56 Å². The zero-order valence-corrected chi connectivity index (χ0v) is 18.2. The van der Waals surface area contributed by atoms with E-state index in [1.807, 2.05) is 61.5 Å². The van der Waals surface area contributed by atoms with Crippen molar-refractivity contribution >= 4 is 11.6 Å². The van der Waals surface area contributed by atoms with Crippen molar-refractivity contribution in [2.75, 3.05) is 13.2 Å². The third-order valence-corrected chi connectivity index (χ3v) is 4.97. The monoisotopic (exact) mass is 425 g/mol. The summed E-state index contributed by atoms with van der Waals surface area (Å²) in [5.74, 6) is 1.17. The summed E-state index contributed by atoms with van der Waals surface area (Å²) in [7, 11) is 0. The lowest BCUT2D eigenvalue weighted by Crippen LogP contribution is -2.21. The molecular formula is C25H28ClNO3. The average molecular weight is 426 g/mol. The summed E-state index contributed by atoms with van der Waals surface area (Å²) in [6.07, 6.45) is -0.565. The summed E-state index contributed by atoms with van der Waals surface area (Å²) in [5.41, 5.74) is 4.12. The largest absolute Gasteiger partial charge is 0.490 e. The molecule has 0 aliphatic rings. The smallest absolute Gasteiger partial charge is 0.180 e. The Labute approximate surface area is 183 Å². The number of benzene rings is 3. The second kappa shape index (κ2) is 11.0. The number of hydrogen-bond acceptors (Lipinski definition) is 4. The zero-order chi connectivity index (χ0) is 21.3. The summed E-state index contributed by atoms with van der Waals surface area (Å²) < 4.78 is 11.8. The van der Waals surface area contributed by atoms with Gasteiger partial charge < -0.3 is 19.9 Å². The Hall–Kier alpha value is -2.53. The molecule has 0 amide bonds. The fourth-order valence-corrected chi connectivity index (χ4v) is 3.52. The molecule has 0 fully saturated rings. The second-order valence-corrected chi connectivity index (χ2v) is 7.58. The Morgan fingerprint density at radius 3 is 2.50 bits per heavy atom. The molecule has 0 radical (unpaired) electrons. The van der Waals surface area contributed by atoms with Gasteiger partial charge in [0.15, 0.2) is 11.5 Å². The molecule has 3 aromatic rings. The van der Waals surface area contributed by atoms with Gasteiger partial charge in [0, 0.05) is 13.1 Å². The van der Waals surface area contributed by atoms with E-state index in [-0.39, 0.29) is 0 Å². The number of halogens is 1. The summed E-state index contributed by atoms with van der Waals surface area (Å²) in [6.45, 7) is 5.92. The van der Waals surface area contributed by atoms with Crippen molar-refractivity contribution in [2.24, 2.45) is 0 Å². The maximum Gasteiger partial charge on any atom is 0.180 e. The number of nitrogens with one attached hydrogen (secondary N) is 1. The third kappa shape index (κ3) is 6.23. The van der Waals surface area contributed by atoms with Crippen LogP contribution < -0.4 is 14.8 Å². The first-order chi connectivity index (χ1) is 14.6. The first-order valence-corrected chi connectivity index (χ1v) is 10.5. The lowest BCUT2D eigenvalue weighted by molar-refractivity contribution is 0.174. The molecule has 0 bridgehead atoms. The van der Waals surface area contributed by atoms with Crippen LogP contribution in [0.5, 0.6) is 11.5 Å². The Morgan fingerprint density at radius 2 is 1.77 bits per heavy atom. The highest BCUT2D eigenvalue weighted by Gasteiger charge is 2.14. The minimum Gasteiger partial charge on any atom is -0.490 e. The summed E-state index contributed by atoms with van der Waals surface area (Å²) in [5, 5.41) is 14.1. The van der Waals surface area contributed by atoms with E-state index >= 15 is 0 Å². The van der Waals surface area contributed by atoms with E-state index in [9.17, 15) is 5.11 Å². The van der Waals surface area contributed by atoms with Crippen LogP contribution >= 0.6 is 11.6 Å². The van der Waals surface area contributed by atoms with Gasteiger partial charge in [-0.15, -0.1) is 0 Å². The minimum absolute atomic E-state index is 0.419. The van der Waals surface area contributed by atoms with Gasteiger partial charge in [-0.05, 0) is 42.7 Å². The molecule has 3 rings (SSSR count). The number of aliphatic hydroxyl groups is 1. The van der Waals surface area contributed by atoms with Crippen LogP contribution in [0.3, 0.4) is 0 Å². The molecular weight excluding hydrogens is 398 g/mol. The molecule has 0 aromatic heterocycles. The Morgan fingerprint density at radius 1 is 0.967 bits per heavy atom. The zero-order valence-electron chi connectivity index (χ0n) is 17.4. The molecule has 0 aliphatic carbocycles. The van der Waals surface area contributed by atoms with E-state index in [1.54, 1.807) is 0 Å². The molecule has 30 heavy (non-hydrogen) atoms. The van der Waals surface area contributed by atoms with Crippen molar-refractivity contribution in [3.63, 3.8) is 0 Å². The van der Waals surface area contributed by atoms with Crippen LogP contribution in [0.4, 0.5) is 0 Å². The fourth-order valence-electron chi connectivity index (χ4n) is 3.23. The number of aryl methyl sites for hydroxylation is 1. The third-order valence-electron chi connectivity index (χ3n) is 4.69. The highest BCUT2D eigenvalue weighted by atomic mass is 35.5. The molecule has 0 unspecified atom stereocenters. The van der Waals surface area contributed by atoms with Gasteiger partial charge in [-0.1, -0.05) is 71.8 Å². The molecule has 0 heterocycles. The van der Waals surface area contributed by atoms with Crippen molar-refractivity contribution in [1.82, 2.24) is 5.32 Å². The van der Waals surface area contributed by atoms with Gasteiger partial charge in [0.05, 0.1) is 17.7 Å². The summed E-state index contributed by atoms with van der Waals surface area (Å²) in [4.78, 5) is 0.